The number of carbonyl (C=O) groups is 2. The van der Waals surface area contributed by atoms with Gasteiger partial charge in [-0.2, -0.15) is 5.10 Å². The fraction of sp³-hybridized carbons (Fsp3) is 0.233. The Kier molecular flexibility index (Phi) is 8.84. The topological polar surface area (TPSA) is 76.5 Å². The minimum atomic E-state index is -0.568. The molecule has 206 valence electrons. The van der Waals surface area contributed by atoms with Crippen LogP contribution in [0.1, 0.15) is 22.8 Å². The fourth-order valence-electron chi connectivity index (χ4n) is 4.70. The number of anilines is 1. The largest absolute Gasteiger partial charge is 0.385 e. The van der Waals surface area contributed by atoms with Crippen LogP contribution in [0.25, 0.3) is 16.9 Å². The van der Waals surface area contributed by atoms with Crippen molar-refractivity contribution in [3.05, 3.63) is 101 Å². The van der Waals surface area contributed by atoms with Gasteiger partial charge in [0.15, 0.2) is 0 Å². The van der Waals surface area contributed by atoms with Crippen molar-refractivity contribution in [2.24, 2.45) is 0 Å². The van der Waals surface area contributed by atoms with Crippen molar-refractivity contribution in [3.63, 3.8) is 0 Å². The average Bonchev–Trinajstić information content (AvgIpc) is 3.29. The lowest BCUT2D eigenvalue weighted by Crippen LogP contribution is -2.42. The molecule has 0 saturated carbocycles. The number of hydrogen-bond donors (Lipinski definition) is 1. The second-order valence-electron chi connectivity index (χ2n) is 9.20. The van der Waals surface area contributed by atoms with E-state index in [2.05, 4.69) is 5.32 Å². The first-order valence-electron chi connectivity index (χ1n) is 12.8. The highest BCUT2D eigenvalue weighted by atomic mass is 35.5. The molecule has 10 heteroatoms. The van der Waals surface area contributed by atoms with Gasteiger partial charge in [0.2, 0.25) is 11.8 Å². The van der Waals surface area contributed by atoms with E-state index >= 15 is 4.39 Å². The highest BCUT2D eigenvalue weighted by Crippen LogP contribution is 2.49. The van der Waals surface area contributed by atoms with Crippen LogP contribution in [0.2, 0.25) is 5.02 Å². The summed E-state index contributed by atoms with van der Waals surface area (Å²) >= 11 is 7.96. The molecule has 1 N–H and O–H groups in total. The van der Waals surface area contributed by atoms with Crippen LogP contribution in [0.3, 0.4) is 0 Å². The molecule has 4 aromatic rings. The number of hydrogen-bond acceptors (Lipinski definition) is 5. The Morgan fingerprint density at radius 1 is 1.10 bits per heavy atom. The van der Waals surface area contributed by atoms with Crippen LogP contribution in [-0.2, 0) is 14.3 Å². The normalized spacial score (nSPS) is 15.0. The minimum Gasteiger partial charge on any atom is -0.385 e. The number of methoxy groups -OCH3 is 1. The van der Waals surface area contributed by atoms with Crippen molar-refractivity contribution < 1.29 is 18.7 Å². The Hall–Kier alpha value is -3.66. The van der Waals surface area contributed by atoms with Crippen LogP contribution in [0, 0.1) is 5.82 Å². The summed E-state index contributed by atoms with van der Waals surface area (Å²) < 4.78 is 22.0. The lowest BCUT2D eigenvalue weighted by atomic mass is 9.99. The van der Waals surface area contributed by atoms with Crippen LogP contribution in [-0.4, -0.2) is 54.2 Å². The first-order valence-corrected chi connectivity index (χ1v) is 14.3. The summed E-state index contributed by atoms with van der Waals surface area (Å²) in [4.78, 5) is 28.2. The van der Waals surface area contributed by atoms with Crippen molar-refractivity contribution in [2.45, 2.75) is 11.7 Å². The molecule has 40 heavy (non-hydrogen) atoms. The summed E-state index contributed by atoms with van der Waals surface area (Å²) in [5, 5.41) is 7.69. The zero-order valence-corrected chi connectivity index (χ0v) is 23.4. The Bertz CT molecular complexity index is 1510. The molecule has 1 atom stereocenters. The number of para-hydroxylation sites is 1. The lowest BCUT2D eigenvalue weighted by Gasteiger charge is -2.23. The van der Waals surface area contributed by atoms with Gasteiger partial charge in [0, 0.05) is 37.0 Å². The Balaban J connectivity index is 1.73. The molecule has 3 aromatic carbocycles. The molecule has 1 aliphatic heterocycles. The number of rotatable bonds is 9. The van der Waals surface area contributed by atoms with Gasteiger partial charge < -0.3 is 10.1 Å². The molecule has 0 aliphatic carbocycles. The Morgan fingerprint density at radius 2 is 1.82 bits per heavy atom. The average molecular weight is 579 g/mol. The number of carbonyl (C=O) groups excluding carboxylic acids is 2. The summed E-state index contributed by atoms with van der Waals surface area (Å²) in [6.07, 6.45) is 0.641. The minimum absolute atomic E-state index is 0.0430. The molecule has 1 aliphatic rings. The number of halogens is 2. The van der Waals surface area contributed by atoms with Crippen molar-refractivity contribution in [1.82, 2.24) is 15.1 Å². The molecule has 0 unspecified atom stereocenters. The van der Waals surface area contributed by atoms with E-state index in [0.29, 0.717) is 52.9 Å². The number of aromatic nitrogens is 2. The molecule has 5 rings (SSSR count). The van der Waals surface area contributed by atoms with E-state index in [-0.39, 0.29) is 29.9 Å². The fourth-order valence-corrected chi connectivity index (χ4v) is 6.13. The zero-order valence-electron chi connectivity index (χ0n) is 21.8. The molecule has 0 spiro atoms. The highest BCUT2D eigenvalue weighted by molar-refractivity contribution is 8.00. The zero-order chi connectivity index (χ0) is 28.1. The van der Waals surface area contributed by atoms with Crippen LogP contribution in [0.15, 0.2) is 78.9 Å². The van der Waals surface area contributed by atoms with Crippen LogP contribution in [0.4, 0.5) is 10.2 Å². The summed E-state index contributed by atoms with van der Waals surface area (Å²) in [7, 11) is 1.60. The number of amides is 2. The van der Waals surface area contributed by atoms with Crippen molar-refractivity contribution in [3.8, 4) is 16.9 Å². The summed E-state index contributed by atoms with van der Waals surface area (Å²) in [6.45, 7) is 0.689. The Morgan fingerprint density at radius 3 is 2.58 bits per heavy atom. The first kappa shape index (κ1) is 27.9. The van der Waals surface area contributed by atoms with E-state index in [1.54, 1.807) is 48.2 Å². The van der Waals surface area contributed by atoms with Crippen LogP contribution >= 0.6 is 23.4 Å². The van der Waals surface area contributed by atoms with Gasteiger partial charge in [0.1, 0.15) is 18.2 Å². The number of nitrogens with zero attached hydrogens (tertiary/aromatic N) is 3. The van der Waals surface area contributed by atoms with Gasteiger partial charge in [-0.3, -0.25) is 14.5 Å². The molecule has 0 bridgehead atoms. The third-order valence-electron chi connectivity index (χ3n) is 6.55. The van der Waals surface area contributed by atoms with Crippen LogP contribution in [0.5, 0.6) is 0 Å². The van der Waals surface area contributed by atoms with E-state index in [1.165, 1.54) is 22.7 Å². The maximum atomic E-state index is 15.3. The number of thioether (sulfide) groups is 1. The molecule has 1 aromatic heterocycles. The molecule has 0 saturated heterocycles. The molecule has 2 amide bonds. The molecule has 0 radical (unpaired) electrons. The Labute approximate surface area is 241 Å². The summed E-state index contributed by atoms with van der Waals surface area (Å²) in [6, 6.07) is 23.2. The standard InChI is InChI=1S/C30H28ClFN4O3S/c1-39-17-9-16-33-25(37)18-35-26(38)19-40-29(21-12-5-7-14-23(21)32)27-28(20-10-3-2-4-11-20)34-36(30(27)35)24-15-8-6-13-22(24)31/h2-8,10-15,29H,9,16-19H2,1H3,(H,33,37)/t29-/m0/s1. The first-order chi connectivity index (χ1) is 19.5. The second kappa shape index (κ2) is 12.7. The molecule has 2 heterocycles. The quantitative estimate of drug-likeness (QED) is 0.260. The molecule has 0 fully saturated rings. The number of fused-ring (bicyclic) bond motifs is 1. The SMILES string of the molecule is COCCCNC(=O)CN1C(=O)CS[C@@H](c2ccccc2F)c2c(-c3ccccc3)nn(-c3ccccc3Cl)c21. The van der Waals surface area contributed by atoms with E-state index in [0.717, 1.165) is 5.56 Å². The molecular formula is C30H28ClFN4O3S. The predicted octanol–water partition coefficient (Wildman–Crippen LogP) is 5.65. The number of nitrogens with one attached hydrogen (secondary N) is 1. The lowest BCUT2D eigenvalue weighted by molar-refractivity contribution is -0.122. The highest BCUT2D eigenvalue weighted by Gasteiger charge is 2.38. The van der Waals surface area contributed by atoms with Crippen molar-refractivity contribution >= 4 is 41.0 Å². The van der Waals surface area contributed by atoms with E-state index < -0.39 is 5.25 Å². The van der Waals surface area contributed by atoms with E-state index in [1.807, 2.05) is 36.4 Å². The van der Waals surface area contributed by atoms with Gasteiger partial charge in [-0.25, -0.2) is 9.07 Å². The van der Waals surface area contributed by atoms with Gasteiger partial charge in [-0.15, -0.1) is 11.8 Å². The number of benzene rings is 3. The maximum Gasteiger partial charge on any atom is 0.240 e. The van der Waals surface area contributed by atoms with Crippen molar-refractivity contribution in [1.29, 1.82) is 0 Å². The summed E-state index contributed by atoms with van der Waals surface area (Å²) in [5.74, 6) is -0.557. The van der Waals surface area contributed by atoms with Gasteiger partial charge >= 0.3 is 0 Å². The third kappa shape index (κ3) is 5.77. The van der Waals surface area contributed by atoms with Gasteiger partial charge in [-0.05, 0) is 24.6 Å². The maximum absolute atomic E-state index is 15.3. The van der Waals surface area contributed by atoms with Crippen molar-refractivity contribution in [2.75, 3.05) is 37.5 Å². The van der Waals surface area contributed by atoms with Gasteiger partial charge in [0.25, 0.3) is 0 Å². The predicted molar refractivity (Wildman–Crippen MR) is 157 cm³/mol. The molecular weight excluding hydrogens is 551 g/mol. The summed E-state index contributed by atoms with van der Waals surface area (Å²) in [5.41, 5.74) is 2.99. The van der Waals surface area contributed by atoms with E-state index in [9.17, 15) is 9.59 Å². The number of ether oxygens (including phenoxy) is 1. The van der Waals surface area contributed by atoms with Crippen LogP contribution < -0.4 is 10.2 Å². The third-order valence-corrected chi connectivity index (χ3v) is 8.11. The smallest absolute Gasteiger partial charge is 0.240 e. The monoisotopic (exact) mass is 578 g/mol. The molecule has 7 nitrogen and oxygen atoms in total. The van der Waals surface area contributed by atoms with E-state index in [4.69, 9.17) is 21.4 Å². The second-order valence-corrected chi connectivity index (χ2v) is 10.7. The van der Waals surface area contributed by atoms with Gasteiger partial charge in [-0.1, -0.05) is 72.3 Å². The van der Waals surface area contributed by atoms with Gasteiger partial charge in [0.05, 0.1) is 27.4 Å².